The minimum Gasteiger partial charge on any atom is -0.483 e. The van der Waals surface area contributed by atoms with E-state index in [1.807, 2.05) is 49.4 Å². The summed E-state index contributed by atoms with van der Waals surface area (Å²) in [6.07, 6.45) is 2.80. The molecule has 0 radical (unpaired) electrons. The molecule has 3 atom stereocenters. The lowest BCUT2D eigenvalue weighted by Crippen LogP contribution is -2.39. The van der Waals surface area contributed by atoms with Gasteiger partial charge in [0.15, 0.2) is 6.10 Å². The number of aliphatic hydroxyl groups excluding tert-OH is 2. The lowest BCUT2D eigenvalue weighted by Gasteiger charge is -2.35. The number of hydrogen-bond donors (Lipinski definition) is 2. The van der Waals surface area contributed by atoms with Crippen molar-refractivity contribution in [2.45, 2.75) is 25.2 Å². The smallest absolute Gasteiger partial charge is 0.152 e. The van der Waals surface area contributed by atoms with Crippen LogP contribution in [0.4, 0.5) is 0 Å². The second kappa shape index (κ2) is 5.87. The summed E-state index contributed by atoms with van der Waals surface area (Å²) < 4.78 is 5.77. The van der Waals surface area contributed by atoms with Crippen molar-refractivity contribution in [3.8, 4) is 0 Å². The highest BCUT2D eigenvalue weighted by atomic mass is 16.5. The summed E-state index contributed by atoms with van der Waals surface area (Å²) in [5, 5.41) is 20.2. The third-order valence-corrected chi connectivity index (χ3v) is 3.13. The predicted octanol–water partition coefficient (Wildman–Crippen LogP) is 2.50. The molecule has 0 saturated carbocycles. The lowest BCUT2D eigenvalue weighted by molar-refractivity contribution is -0.0830. The average Bonchev–Trinajstić information content (AvgIpc) is 2.45. The number of benzene rings is 1. The molecule has 100 valence electrons. The molecule has 3 unspecified atom stereocenters. The Balaban J connectivity index is 2.32. The van der Waals surface area contributed by atoms with Gasteiger partial charge < -0.3 is 14.9 Å². The van der Waals surface area contributed by atoms with Crippen molar-refractivity contribution in [3.63, 3.8) is 0 Å². The minimum atomic E-state index is -1.02. The van der Waals surface area contributed by atoms with Crippen molar-refractivity contribution in [1.82, 2.24) is 0 Å². The van der Waals surface area contributed by atoms with Gasteiger partial charge in [0.25, 0.3) is 0 Å². The minimum absolute atomic E-state index is 0.401. The molecule has 0 amide bonds. The summed E-state index contributed by atoms with van der Waals surface area (Å²) in [6.45, 7) is 5.66. The molecule has 3 heteroatoms. The molecule has 1 aromatic carbocycles. The molecule has 1 aromatic rings. The third kappa shape index (κ3) is 2.78. The summed E-state index contributed by atoms with van der Waals surface area (Å²) >= 11 is 0. The topological polar surface area (TPSA) is 49.7 Å². The van der Waals surface area contributed by atoms with Gasteiger partial charge >= 0.3 is 0 Å². The van der Waals surface area contributed by atoms with Gasteiger partial charge in [-0.25, -0.2) is 0 Å². The first-order valence-corrected chi connectivity index (χ1v) is 6.25. The standard InChI is InChI=1S/C16H18O3/c1-3-4-10-13-11(2)14(17)15(18)16(19-13)12-8-6-5-7-9-12/h3-10,14-18H,2H2,1H3. The second-order valence-corrected chi connectivity index (χ2v) is 4.47. The summed E-state index contributed by atoms with van der Waals surface area (Å²) in [7, 11) is 0. The fraction of sp³-hybridized carbons (Fsp3) is 0.250. The number of ether oxygens (including phenoxy) is 1. The van der Waals surface area contributed by atoms with Gasteiger partial charge in [-0.05, 0) is 18.6 Å². The van der Waals surface area contributed by atoms with Gasteiger partial charge in [0.05, 0.1) is 0 Å². The summed E-state index contributed by atoms with van der Waals surface area (Å²) in [4.78, 5) is 0. The molecule has 1 aliphatic heterocycles. The van der Waals surface area contributed by atoms with Crippen molar-refractivity contribution in [3.05, 3.63) is 72.0 Å². The van der Waals surface area contributed by atoms with Crippen molar-refractivity contribution in [1.29, 1.82) is 0 Å². The highest BCUT2D eigenvalue weighted by Crippen LogP contribution is 2.36. The van der Waals surface area contributed by atoms with Crippen LogP contribution in [0.5, 0.6) is 0 Å². The van der Waals surface area contributed by atoms with Gasteiger partial charge in [-0.1, -0.05) is 49.1 Å². The maximum absolute atomic E-state index is 10.1. The quantitative estimate of drug-likeness (QED) is 0.857. The molecule has 1 heterocycles. The lowest BCUT2D eigenvalue weighted by atomic mass is 9.92. The number of allylic oxidation sites excluding steroid dienone is 3. The van der Waals surface area contributed by atoms with Crippen LogP contribution in [-0.4, -0.2) is 22.4 Å². The highest BCUT2D eigenvalue weighted by molar-refractivity contribution is 5.35. The number of aliphatic hydroxyl groups is 2. The predicted molar refractivity (Wildman–Crippen MR) is 74.3 cm³/mol. The summed E-state index contributed by atoms with van der Waals surface area (Å²) in [6, 6.07) is 9.36. The molecule has 0 aromatic heterocycles. The van der Waals surface area contributed by atoms with Gasteiger partial charge in [-0.15, -0.1) is 0 Å². The van der Waals surface area contributed by atoms with Crippen LogP contribution in [0.2, 0.25) is 0 Å². The number of rotatable bonds is 2. The Hall–Kier alpha value is -1.84. The van der Waals surface area contributed by atoms with E-state index < -0.39 is 18.3 Å². The molecule has 0 bridgehead atoms. The Morgan fingerprint density at radius 1 is 1.21 bits per heavy atom. The molecule has 0 spiro atoms. The molecular weight excluding hydrogens is 240 g/mol. The normalized spacial score (nSPS) is 29.7. The van der Waals surface area contributed by atoms with Crippen LogP contribution >= 0.6 is 0 Å². The maximum atomic E-state index is 10.1. The first-order valence-electron chi connectivity index (χ1n) is 6.25. The third-order valence-electron chi connectivity index (χ3n) is 3.13. The Morgan fingerprint density at radius 2 is 1.89 bits per heavy atom. The number of hydrogen-bond acceptors (Lipinski definition) is 3. The van der Waals surface area contributed by atoms with E-state index >= 15 is 0 Å². The molecule has 1 saturated heterocycles. The van der Waals surface area contributed by atoms with E-state index in [1.165, 1.54) is 0 Å². The van der Waals surface area contributed by atoms with Crippen molar-refractivity contribution < 1.29 is 14.9 Å². The maximum Gasteiger partial charge on any atom is 0.152 e. The van der Waals surface area contributed by atoms with E-state index in [9.17, 15) is 10.2 Å². The zero-order valence-corrected chi connectivity index (χ0v) is 10.9. The van der Waals surface area contributed by atoms with Crippen molar-refractivity contribution >= 4 is 0 Å². The summed E-state index contributed by atoms with van der Waals surface area (Å²) in [5.74, 6) is 0.504. The van der Waals surface area contributed by atoms with Crippen LogP contribution in [-0.2, 0) is 4.74 Å². The molecule has 3 nitrogen and oxygen atoms in total. The second-order valence-electron chi connectivity index (χ2n) is 4.47. The van der Waals surface area contributed by atoms with E-state index in [0.29, 0.717) is 11.3 Å². The van der Waals surface area contributed by atoms with Crippen LogP contribution in [0.3, 0.4) is 0 Å². The van der Waals surface area contributed by atoms with E-state index in [1.54, 1.807) is 6.08 Å². The zero-order chi connectivity index (χ0) is 13.8. The first kappa shape index (κ1) is 13.6. The van der Waals surface area contributed by atoms with Crippen LogP contribution in [0.1, 0.15) is 18.6 Å². The Morgan fingerprint density at radius 3 is 2.53 bits per heavy atom. The summed E-state index contributed by atoms with van der Waals surface area (Å²) in [5.41, 5.74) is 1.23. The fourth-order valence-corrected chi connectivity index (χ4v) is 2.04. The molecule has 19 heavy (non-hydrogen) atoms. The van der Waals surface area contributed by atoms with Crippen LogP contribution in [0.25, 0.3) is 0 Å². The fourth-order valence-electron chi connectivity index (χ4n) is 2.04. The molecule has 2 N–H and O–H groups in total. The van der Waals surface area contributed by atoms with Gasteiger partial charge in [0, 0.05) is 5.57 Å². The van der Waals surface area contributed by atoms with Gasteiger partial charge in [-0.2, -0.15) is 0 Å². The van der Waals surface area contributed by atoms with E-state index in [2.05, 4.69) is 6.58 Å². The molecule has 1 fully saturated rings. The SMILES string of the molecule is C=C1C(=CC=CC)OC(c2ccccc2)C(O)C1O. The molecule has 2 rings (SSSR count). The average molecular weight is 258 g/mol. The Bertz CT molecular complexity index is 502. The van der Waals surface area contributed by atoms with Crippen molar-refractivity contribution in [2.24, 2.45) is 0 Å². The van der Waals surface area contributed by atoms with E-state index in [-0.39, 0.29) is 0 Å². The zero-order valence-electron chi connectivity index (χ0n) is 10.9. The van der Waals surface area contributed by atoms with Crippen LogP contribution in [0, 0.1) is 0 Å². The molecular formula is C16H18O3. The van der Waals surface area contributed by atoms with Gasteiger partial charge in [0.2, 0.25) is 0 Å². The van der Waals surface area contributed by atoms with Gasteiger partial charge in [-0.3, -0.25) is 0 Å². The first-order chi connectivity index (χ1) is 9.15. The Labute approximate surface area is 113 Å². The Kier molecular flexibility index (Phi) is 4.20. The monoisotopic (exact) mass is 258 g/mol. The highest BCUT2D eigenvalue weighted by Gasteiger charge is 2.37. The van der Waals surface area contributed by atoms with Gasteiger partial charge in [0.1, 0.15) is 18.0 Å². The molecule has 1 aliphatic rings. The van der Waals surface area contributed by atoms with Crippen LogP contribution < -0.4 is 0 Å². The van der Waals surface area contributed by atoms with E-state index in [4.69, 9.17) is 4.74 Å². The van der Waals surface area contributed by atoms with Crippen molar-refractivity contribution in [2.75, 3.05) is 0 Å². The largest absolute Gasteiger partial charge is 0.483 e. The molecule has 0 aliphatic carbocycles. The van der Waals surface area contributed by atoms with E-state index in [0.717, 1.165) is 5.56 Å². The van der Waals surface area contributed by atoms with Crippen LogP contribution in [0.15, 0.2) is 66.5 Å².